The highest BCUT2D eigenvalue weighted by Crippen LogP contribution is 2.28. The first-order valence-electron chi connectivity index (χ1n) is 11.6. The molecule has 1 aliphatic heterocycles. The van der Waals surface area contributed by atoms with Gasteiger partial charge in [-0.25, -0.2) is 9.18 Å². The number of hydrogen-bond donors (Lipinski definition) is 3. The lowest BCUT2D eigenvalue weighted by Gasteiger charge is -2.44. The molecule has 0 unspecified atom stereocenters. The van der Waals surface area contributed by atoms with E-state index in [1.807, 2.05) is 13.8 Å². The van der Waals surface area contributed by atoms with Crippen LogP contribution in [0.1, 0.15) is 25.8 Å². The van der Waals surface area contributed by atoms with Crippen LogP contribution in [0.3, 0.4) is 0 Å². The number of rotatable bonds is 9. The smallest absolute Gasteiger partial charge is 0.319 e. The standard InChI is InChI=1S/C25H30ClFN4O5/c1-16-13-31(17(2)12-30(16)14-18-3-6-20(27)7-4-18)23(32)15-36-22-11-19(26)5-8-21(22)29-25(35)28-10-9-24(33)34/h3-8,11,16-17H,9-10,12-15H2,1-2H3,(H,33,34)(H2,28,29,35)/t16-,17+/m0/s1. The summed E-state index contributed by atoms with van der Waals surface area (Å²) < 4.78 is 18.9. The maximum absolute atomic E-state index is 13.2. The van der Waals surface area contributed by atoms with Gasteiger partial charge in [-0.15, -0.1) is 0 Å². The second-order valence-electron chi connectivity index (χ2n) is 8.75. The number of ether oxygens (including phenoxy) is 1. The molecule has 0 aromatic heterocycles. The Morgan fingerprint density at radius 1 is 1.11 bits per heavy atom. The molecule has 36 heavy (non-hydrogen) atoms. The summed E-state index contributed by atoms with van der Waals surface area (Å²) in [5, 5.41) is 14.1. The number of piperazine rings is 1. The van der Waals surface area contributed by atoms with Gasteiger partial charge in [0.1, 0.15) is 11.6 Å². The van der Waals surface area contributed by atoms with E-state index < -0.39 is 12.0 Å². The molecule has 1 fully saturated rings. The molecule has 2 aromatic rings. The average Bonchev–Trinajstić information content (AvgIpc) is 2.82. The molecule has 0 saturated carbocycles. The lowest BCUT2D eigenvalue weighted by Crippen LogP contribution is -2.58. The Balaban J connectivity index is 1.56. The van der Waals surface area contributed by atoms with Crippen LogP contribution >= 0.6 is 11.6 Å². The minimum Gasteiger partial charge on any atom is -0.482 e. The Labute approximate surface area is 214 Å². The van der Waals surface area contributed by atoms with Gasteiger partial charge in [-0.2, -0.15) is 0 Å². The largest absolute Gasteiger partial charge is 0.482 e. The van der Waals surface area contributed by atoms with Crippen LogP contribution in [-0.4, -0.2) is 71.1 Å². The zero-order valence-electron chi connectivity index (χ0n) is 20.2. The van der Waals surface area contributed by atoms with Crippen molar-refractivity contribution in [2.45, 2.75) is 38.9 Å². The van der Waals surface area contributed by atoms with Gasteiger partial charge < -0.3 is 25.4 Å². The van der Waals surface area contributed by atoms with Crippen LogP contribution in [0.5, 0.6) is 5.75 Å². The fourth-order valence-electron chi connectivity index (χ4n) is 3.98. The van der Waals surface area contributed by atoms with Crippen molar-refractivity contribution < 1.29 is 28.6 Å². The summed E-state index contributed by atoms with van der Waals surface area (Å²) >= 11 is 6.07. The minimum absolute atomic E-state index is 0.0351. The summed E-state index contributed by atoms with van der Waals surface area (Å²) in [6, 6.07) is 10.4. The molecular weight excluding hydrogens is 491 g/mol. The number of carboxylic acids is 1. The zero-order valence-corrected chi connectivity index (χ0v) is 20.9. The van der Waals surface area contributed by atoms with Gasteiger partial charge in [0, 0.05) is 49.4 Å². The highest BCUT2D eigenvalue weighted by molar-refractivity contribution is 6.30. The lowest BCUT2D eigenvalue weighted by atomic mass is 10.1. The Hall–Kier alpha value is -3.37. The number of nitrogens with one attached hydrogen (secondary N) is 2. The first-order valence-corrected chi connectivity index (χ1v) is 12.0. The number of amides is 3. The van der Waals surface area contributed by atoms with E-state index in [0.717, 1.165) is 5.56 Å². The first-order chi connectivity index (χ1) is 17.1. The number of benzene rings is 2. The van der Waals surface area contributed by atoms with Crippen LogP contribution in [0.15, 0.2) is 42.5 Å². The van der Waals surface area contributed by atoms with E-state index in [1.165, 1.54) is 24.3 Å². The normalized spacial score (nSPS) is 17.9. The summed E-state index contributed by atoms with van der Waals surface area (Å²) in [6.07, 6.45) is -0.209. The number of aliphatic carboxylic acids is 1. The molecule has 11 heteroatoms. The Bertz CT molecular complexity index is 1080. The molecule has 1 saturated heterocycles. The molecule has 0 radical (unpaired) electrons. The second kappa shape index (κ2) is 12.5. The summed E-state index contributed by atoms with van der Waals surface area (Å²) in [5.41, 5.74) is 1.30. The summed E-state index contributed by atoms with van der Waals surface area (Å²) in [5.74, 6) is -1.27. The molecule has 194 valence electrons. The van der Waals surface area contributed by atoms with Gasteiger partial charge in [-0.1, -0.05) is 23.7 Å². The fourth-order valence-corrected chi connectivity index (χ4v) is 4.14. The van der Waals surface area contributed by atoms with Crippen molar-refractivity contribution in [2.75, 3.05) is 31.6 Å². The number of hydrogen-bond acceptors (Lipinski definition) is 5. The maximum atomic E-state index is 13.2. The number of carboxylic acid groups (broad SMARTS) is 1. The molecule has 0 bridgehead atoms. The predicted octanol–water partition coefficient (Wildman–Crippen LogP) is 3.58. The maximum Gasteiger partial charge on any atom is 0.319 e. The first kappa shape index (κ1) is 27.2. The number of carbonyl (C=O) groups excluding carboxylic acids is 2. The van der Waals surface area contributed by atoms with Crippen LogP contribution in [0.4, 0.5) is 14.9 Å². The van der Waals surface area contributed by atoms with E-state index in [2.05, 4.69) is 15.5 Å². The Morgan fingerprint density at radius 3 is 2.53 bits per heavy atom. The van der Waals surface area contributed by atoms with Crippen molar-refractivity contribution in [1.29, 1.82) is 0 Å². The summed E-state index contributed by atoms with van der Waals surface area (Å²) in [4.78, 5) is 39.7. The number of anilines is 1. The van der Waals surface area contributed by atoms with Crippen molar-refractivity contribution in [2.24, 2.45) is 0 Å². The van der Waals surface area contributed by atoms with Crippen molar-refractivity contribution in [3.8, 4) is 5.75 Å². The van der Waals surface area contributed by atoms with Crippen LogP contribution < -0.4 is 15.4 Å². The van der Waals surface area contributed by atoms with Gasteiger partial charge in [0.15, 0.2) is 6.61 Å². The molecule has 0 spiro atoms. The third-order valence-electron chi connectivity index (χ3n) is 5.90. The molecular formula is C25H30ClFN4O5. The second-order valence-corrected chi connectivity index (χ2v) is 9.19. The molecule has 2 atom stereocenters. The number of urea groups is 1. The third kappa shape index (κ3) is 7.82. The van der Waals surface area contributed by atoms with E-state index in [-0.39, 0.29) is 49.1 Å². The zero-order chi connectivity index (χ0) is 26.2. The topological polar surface area (TPSA) is 111 Å². The molecule has 0 aliphatic carbocycles. The van der Waals surface area contributed by atoms with Crippen LogP contribution in [0.25, 0.3) is 0 Å². The Morgan fingerprint density at radius 2 is 1.83 bits per heavy atom. The van der Waals surface area contributed by atoms with Crippen molar-refractivity contribution >= 4 is 35.2 Å². The van der Waals surface area contributed by atoms with E-state index >= 15 is 0 Å². The number of halogens is 2. The van der Waals surface area contributed by atoms with Crippen LogP contribution in [-0.2, 0) is 16.1 Å². The lowest BCUT2D eigenvalue weighted by molar-refractivity contribution is -0.139. The molecule has 3 N–H and O–H groups in total. The minimum atomic E-state index is -1.02. The monoisotopic (exact) mass is 520 g/mol. The summed E-state index contributed by atoms with van der Waals surface area (Å²) in [6.45, 7) is 5.56. The van der Waals surface area contributed by atoms with Gasteiger partial charge in [0.25, 0.3) is 5.91 Å². The SMILES string of the molecule is C[C@@H]1CN(Cc2ccc(F)cc2)[C@@H](C)CN1C(=O)COc1cc(Cl)ccc1NC(=O)NCCC(=O)O. The molecule has 9 nitrogen and oxygen atoms in total. The third-order valence-corrected chi connectivity index (χ3v) is 6.14. The van der Waals surface area contributed by atoms with Gasteiger partial charge >= 0.3 is 12.0 Å². The fraction of sp³-hybridized carbons (Fsp3) is 0.400. The van der Waals surface area contributed by atoms with Gasteiger partial charge in [0.05, 0.1) is 12.1 Å². The predicted molar refractivity (Wildman–Crippen MR) is 134 cm³/mol. The van der Waals surface area contributed by atoms with Gasteiger partial charge in [-0.3, -0.25) is 14.5 Å². The van der Waals surface area contributed by atoms with Crippen LogP contribution in [0, 0.1) is 5.82 Å². The molecule has 2 aromatic carbocycles. The van der Waals surface area contributed by atoms with Gasteiger partial charge in [0.2, 0.25) is 0 Å². The summed E-state index contributed by atoms with van der Waals surface area (Å²) in [7, 11) is 0. The van der Waals surface area contributed by atoms with E-state index in [0.29, 0.717) is 30.3 Å². The molecule has 3 rings (SSSR count). The van der Waals surface area contributed by atoms with Crippen molar-refractivity contribution in [1.82, 2.24) is 15.1 Å². The van der Waals surface area contributed by atoms with Gasteiger partial charge in [-0.05, 0) is 43.7 Å². The van der Waals surface area contributed by atoms with Crippen molar-refractivity contribution in [3.05, 3.63) is 58.9 Å². The highest BCUT2D eigenvalue weighted by Gasteiger charge is 2.32. The van der Waals surface area contributed by atoms with E-state index in [9.17, 15) is 18.8 Å². The molecule has 1 heterocycles. The molecule has 3 amide bonds. The van der Waals surface area contributed by atoms with E-state index in [4.69, 9.17) is 21.4 Å². The average molecular weight is 521 g/mol. The van der Waals surface area contributed by atoms with Crippen LogP contribution in [0.2, 0.25) is 5.02 Å². The quantitative estimate of drug-likeness (QED) is 0.466. The van der Waals surface area contributed by atoms with Crippen molar-refractivity contribution in [3.63, 3.8) is 0 Å². The highest BCUT2D eigenvalue weighted by atomic mass is 35.5. The molecule has 1 aliphatic rings. The number of carbonyl (C=O) groups is 3. The number of nitrogens with zero attached hydrogens (tertiary/aromatic N) is 2. The Kier molecular flexibility index (Phi) is 9.49. The van der Waals surface area contributed by atoms with E-state index in [1.54, 1.807) is 23.1 Å².